The number of halogens is 2. The van der Waals surface area contributed by atoms with Crippen molar-refractivity contribution in [2.75, 3.05) is 37.6 Å². The van der Waals surface area contributed by atoms with Crippen molar-refractivity contribution in [3.8, 4) is 0 Å². The van der Waals surface area contributed by atoms with Crippen LogP contribution in [-0.4, -0.2) is 53.6 Å². The molecule has 1 aliphatic carbocycles. The molecule has 1 aliphatic heterocycles. The summed E-state index contributed by atoms with van der Waals surface area (Å²) in [5.74, 6) is 1.42. The van der Waals surface area contributed by atoms with E-state index in [0.717, 1.165) is 56.5 Å². The van der Waals surface area contributed by atoms with Crippen LogP contribution < -0.4 is 10.6 Å². The maximum Gasteiger partial charge on any atom is 0.225 e. The van der Waals surface area contributed by atoms with E-state index in [1.54, 1.807) is 12.4 Å². The number of rotatable bonds is 4. The number of hydrogen-bond donors (Lipinski definition) is 1. The second-order valence-electron chi connectivity index (χ2n) is 6.98. The van der Waals surface area contributed by atoms with Gasteiger partial charge in [0.25, 0.3) is 0 Å². The minimum absolute atomic E-state index is 0. The van der Waals surface area contributed by atoms with Gasteiger partial charge >= 0.3 is 0 Å². The van der Waals surface area contributed by atoms with Gasteiger partial charge in [-0.05, 0) is 36.6 Å². The van der Waals surface area contributed by atoms with Crippen LogP contribution >= 0.6 is 35.6 Å². The molecule has 2 aliphatic rings. The first kappa shape index (κ1) is 20.1. The quantitative estimate of drug-likeness (QED) is 0.399. The number of nitrogens with two attached hydrogens (primary N) is 1. The fourth-order valence-electron chi connectivity index (χ4n) is 3.41. The van der Waals surface area contributed by atoms with Crippen LogP contribution in [0.3, 0.4) is 0 Å². The van der Waals surface area contributed by atoms with Gasteiger partial charge in [0.2, 0.25) is 5.95 Å². The van der Waals surface area contributed by atoms with Crippen molar-refractivity contribution in [3.63, 3.8) is 0 Å². The second kappa shape index (κ2) is 8.60. The summed E-state index contributed by atoms with van der Waals surface area (Å²) in [5, 5.41) is 0.771. The van der Waals surface area contributed by atoms with Gasteiger partial charge in [-0.3, -0.25) is 4.99 Å². The third-order valence-corrected chi connectivity index (χ3v) is 5.54. The number of aliphatic imine (C=N–C) groups is 1. The Balaban J connectivity index is 0.00000210. The number of piperazine rings is 1. The van der Waals surface area contributed by atoms with Crippen LogP contribution in [0.4, 0.5) is 5.95 Å². The molecular formula is C19H24ClIN6. The second-order valence-corrected chi connectivity index (χ2v) is 7.42. The predicted octanol–water partition coefficient (Wildman–Crippen LogP) is 2.92. The molecule has 0 bridgehead atoms. The van der Waals surface area contributed by atoms with Crippen molar-refractivity contribution in [1.82, 2.24) is 14.9 Å². The fraction of sp³-hybridized carbons (Fsp3) is 0.421. The molecule has 6 nitrogen and oxygen atoms in total. The van der Waals surface area contributed by atoms with Gasteiger partial charge in [-0.25, -0.2) is 9.97 Å². The topological polar surface area (TPSA) is 70.6 Å². The van der Waals surface area contributed by atoms with E-state index in [2.05, 4.69) is 31.9 Å². The van der Waals surface area contributed by atoms with Crippen molar-refractivity contribution in [1.29, 1.82) is 0 Å². The Morgan fingerprint density at radius 3 is 2.30 bits per heavy atom. The fourth-order valence-corrected chi connectivity index (χ4v) is 3.54. The van der Waals surface area contributed by atoms with E-state index in [1.807, 2.05) is 18.2 Å². The smallest absolute Gasteiger partial charge is 0.225 e. The summed E-state index contributed by atoms with van der Waals surface area (Å²) in [4.78, 5) is 17.7. The minimum Gasteiger partial charge on any atom is -0.370 e. The monoisotopic (exact) mass is 498 g/mol. The van der Waals surface area contributed by atoms with Gasteiger partial charge in [0.1, 0.15) is 0 Å². The lowest BCUT2D eigenvalue weighted by Gasteiger charge is -2.35. The zero-order chi connectivity index (χ0) is 18.0. The molecule has 0 unspecified atom stereocenters. The van der Waals surface area contributed by atoms with E-state index in [0.29, 0.717) is 5.96 Å². The van der Waals surface area contributed by atoms with Gasteiger partial charge in [-0.15, -0.1) is 24.0 Å². The lowest BCUT2D eigenvalue weighted by molar-refractivity contribution is 0.377. The molecule has 2 aromatic rings. The Labute approximate surface area is 181 Å². The Morgan fingerprint density at radius 2 is 1.70 bits per heavy atom. The summed E-state index contributed by atoms with van der Waals surface area (Å²) in [6.07, 6.45) is 5.86. The Kier molecular flexibility index (Phi) is 6.41. The van der Waals surface area contributed by atoms with Crippen LogP contribution in [-0.2, 0) is 5.41 Å². The highest BCUT2D eigenvalue weighted by Gasteiger charge is 2.44. The highest BCUT2D eigenvalue weighted by Crippen LogP contribution is 2.48. The molecule has 0 spiro atoms. The molecule has 1 aromatic heterocycles. The van der Waals surface area contributed by atoms with E-state index in [4.69, 9.17) is 22.3 Å². The molecule has 0 amide bonds. The Bertz CT molecular complexity index is 771. The molecule has 1 saturated carbocycles. The summed E-state index contributed by atoms with van der Waals surface area (Å²) in [6, 6.07) is 9.96. The third kappa shape index (κ3) is 4.63. The molecule has 0 radical (unpaired) electrons. The summed E-state index contributed by atoms with van der Waals surface area (Å²) in [7, 11) is 0. The van der Waals surface area contributed by atoms with Crippen LogP contribution in [0, 0.1) is 0 Å². The van der Waals surface area contributed by atoms with Crippen molar-refractivity contribution >= 4 is 47.5 Å². The minimum atomic E-state index is 0. The molecule has 1 aromatic carbocycles. The normalized spacial score (nSPS) is 18.8. The molecular weight excluding hydrogens is 475 g/mol. The van der Waals surface area contributed by atoms with Gasteiger partial charge in [0, 0.05) is 49.0 Å². The number of guanidine groups is 1. The maximum atomic E-state index is 6.27. The first-order valence-electron chi connectivity index (χ1n) is 8.99. The molecule has 2 N–H and O–H groups in total. The zero-order valence-corrected chi connectivity index (χ0v) is 18.2. The van der Waals surface area contributed by atoms with E-state index in [1.165, 1.54) is 5.56 Å². The highest BCUT2D eigenvalue weighted by atomic mass is 127. The number of hydrogen-bond acceptors (Lipinski definition) is 4. The summed E-state index contributed by atoms with van der Waals surface area (Å²) < 4.78 is 0. The number of benzene rings is 1. The van der Waals surface area contributed by atoms with Crippen molar-refractivity contribution in [3.05, 3.63) is 53.3 Å². The van der Waals surface area contributed by atoms with Crippen molar-refractivity contribution in [2.45, 2.75) is 18.3 Å². The average molecular weight is 499 g/mol. The molecule has 144 valence electrons. The van der Waals surface area contributed by atoms with Gasteiger partial charge in [-0.2, -0.15) is 0 Å². The van der Waals surface area contributed by atoms with E-state index < -0.39 is 0 Å². The number of nitrogens with zero attached hydrogens (tertiary/aromatic N) is 5. The molecule has 8 heteroatoms. The Hall–Kier alpha value is -1.61. The first-order valence-corrected chi connectivity index (χ1v) is 9.37. The van der Waals surface area contributed by atoms with Crippen molar-refractivity contribution < 1.29 is 0 Å². The maximum absolute atomic E-state index is 6.27. The zero-order valence-electron chi connectivity index (χ0n) is 15.1. The SMILES string of the molecule is I.NC(=NCC1(c2ccc(Cl)cc2)CC1)N1CCN(c2ncccn2)CC1. The Morgan fingerprint density at radius 1 is 1.07 bits per heavy atom. The van der Waals surface area contributed by atoms with Gasteiger partial charge in [0.15, 0.2) is 5.96 Å². The number of aromatic nitrogens is 2. The van der Waals surface area contributed by atoms with E-state index in [-0.39, 0.29) is 29.4 Å². The standard InChI is InChI=1S/C19H23ClN6.HI/c20-16-4-2-15(3-5-16)19(6-7-19)14-24-17(21)25-10-12-26(13-11-25)18-22-8-1-9-23-18;/h1-5,8-9H,6-7,10-14H2,(H2,21,24);1H. The summed E-state index contributed by atoms with van der Waals surface area (Å²) >= 11 is 6.00. The van der Waals surface area contributed by atoms with Crippen LogP contribution in [0.25, 0.3) is 0 Å². The average Bonchev–Trinajstić information content (AvgIpc) is 3.49. The van der Waals surface area contributed by atoms with Crippen LogP contribution in [0.15, 0.2) is 47.7 Å². The van der Waals surface area contributed by atoms with Gasteiger partial charge in [0.05, 0.1) is 6.54 Å². The van der Waals surface area contributed by atoms with E-state index >= 15 is 0 Å². The lowest BCUT2D eigenvalue weighted by Crippen LogP contribution is -2.51. The molecule has 2 fully saturated rings. The highest BCUT2D eigenvalue weighted by molar-refractivity contribution is 14.0. The predicted molar refractivity (Wildman–Crippen MR) is 120 cm³/mol. The molecule has 2 heterocycles. The summed E-state index contributed by atoms with van der Waals surface area (Å²) in [5.41, 5.74) is 7.73. The van der Waals surface area contributed by atoms with Gasteiger partial charge < -0.3 is 15.5 Å². The van der Waals surface area contributed by atoms with E-state index in [9.17, 15) is 0 Å². The lowest BCUT2D eigenvalue weighted by atomic mass is 9.96. The van der Waals surface area contributed by atoms with Crippen LogP contribution in [0.1, 0.15) is 18.4 Å². The molecule has 1 saturated heterocycles. The van der Waals surface area contributed by atoms with Crippen molar-refractivity contribution in [2.24, 2.45) is 10.7 Å². The molecule has 0 atom stereocenters. The first-order chi connectivity index (χ1) is 12.7. The van der Waals surface area contributed by atoms with Gasteiger partial charge in [-0.1, -0.05) is 23.7 Å². The largest absolute Gasteiger partial charge is 0.370 e. The van der Waals surface area contributed by atoms with Crippen LogP contribution in [0.2, 0.25) is 5.02 Å². The molecule has 4 rings (SSSR count). The number of anilines is 1. The third-order valence-electron chi connectivity index (χ3n) is 5.29. The summed E-state index contributed by atoms with van der Waals surface area (Å²) in [6.45, 7) is 4.11. The van der Waals surface area contributed by atoms with Crippen LogP contribution in [0.5, 0.6) is 0 Å². The molecule has 27 heavy (non-hydrogen) atoms.